The van der Waals surface area contributed by atoms with Gasteiger partial charge in [0.15, 0.2) is 0 Å². The van der Waals surface area contributed by atoms with Crippen molar-refractivity contribution in [3.8, 4) is 0 Å². The maximum absolute atomic E-state index is 12.8. The molecule has 3 rings (SSSR count). The molecule has 0 aliphatic carbocycles. The Bertz CT molecular complexity index is 821. The summed E-state index contributed by atoms with van der Waals surface area (Å²) in [5, 5.41) is 0.526. The highest BCUT2D eigenvalue weighted by molar-refractivity contribution is 6.30. The van der Waals surface area contributed by atoms with Gasteiger partial charge in [-0.15, -0.1) is 0 Å². The Balaban J connectivity index is 1.77. The van der Waals surface area contributed by atoms with E-state index in [1.807, 2.05) is 30.3 Å². The number of carbonyl (C=O) groups is 3. The number of nitrogens with zero attached hydrogens (tertiary/aromatic N) is 2. The van der Waals surface area contributed by atoms with Crippen LogP contribution in [0.5, 0.6) is 0 Å². The first-order valence-electron chi connectivity index (χ1n) is 8.41. The van der Waals surface area contributed by atoms with Crippen molar-refractivity contribution in [2.75, 3.05) is 11.4 Å². The van der Waals surface area contributed by atoms with Gasteiger partial charge in [-0.1, -0.05) is 41.9 Å². The smallest absolute Gasteiger partial charge is 0.257 e. The van der Waals surface area contributed by atoms with Gasteiger partial charge in [0, 0.05) is 18.5 Å². The third-order valence-electron chi connectivity index (χ3n) is 4.47. The summed E-state index contributed by atoms with van der Waals surface area (Å²) in [4.78, 5) is 40.0. The molecule has 1 aliphatic rings. The van der Waals surface area contributed by atoms with Gasteiger partial charge in [-0.2, -0.15) is 0 Å². The van der Waals surface area contributed by atoms with Crippen molar-refractivity contribution in [1.82, 2.24) is 4.90 Å². The van der Waals surface area contributed by atoms with Gasteiger partial charge in [0.1, 0.15) is 6.04 Å². The average molecular weight is 371 g/mol. The molecular formula is C20H19ClN2O3. The topological polar surface area (TPSA) is 57.7 Å². The molecule has 0 bridgehead atoms. The Labute approximate surface area is 157 Å². The minimum absolute atomic E-state index is 0.00414. The molecule has 134 valence electrons. The Morgan fingerprint density at radius 3 is 2.38 bits per heavy atom. The SMILES string of the molecule is CC(=O)N(CCc1ccccc1)[C@H]1CC(=O)N(c2ccc(Cl)cc2)C1=O. The zero-order valence-electron chi connectivity index (χ0n) is 14.4. The number of halogens is 1. The maximum atomic E-state index is 12.8. The van der Waals surface area contributed by atoms with Crippen LogP contribution in [0.15, 0.2) is 54.6 Å². The van der Waals surface area contributed by atoms with Gasteiger partial charge in [0.25, 0.3) is 5.91 Å². The third kappa shape index (κ3) is 3.78. The van der Waals surface area contributed by atoms with Crippen molar-refractivity contribution in [2.45, 2.75) is 25.8 Å². The molecule has 0 radical (unpaired) electrons. The van der Waals surface area contributed by atoms with Gasteiger partial charge >= 0.3 is 0 Å². The van der Waals surface area contributed by atoms with E-state index in [1.54, 1.807) is 24.3 Å². The first-order chi connectivity index (χ1) is 12.5. The number of carbonyl (C=O) groups excluding carboxylic acids is 3. The molecule has 26 heavy (non-hydrogen) atoms. The Hall–Kier alpha value is -2.66. The van der Waals surface area contributed by atoms with Gasteiger partial charge in [-0.25, -0.2) is 4.90 Å². The second kappa shape index (κ2) is 7.70. The van der Waals surface area contributed by atoms with E-state index < -0.39 is 6.04 Å². The number of rotatable bonds is 5. The van der Waals surface area contributed by atoms with Crippen LogP contribution < -0.4 is 4.90 Å². The fourth-order valence-corrected chi connectivity index (χ4v) is 3.27. The van der Waals surface area contributed by atoms with E-state index in [4.69, 9.17) is 11.6 Å². The van der Waals surface area contributed by atoms with Crippen molar-refractivity contribution in [2.24, 2.45) is 0 Å². The Morgan fingerprint density at radius 1 is 1.12 bits per heavy atom. The number of hydrogen-bond acceptors (Lipinski definition) is 3. The standard InChI is InChI=1S/C20H19ClN2O3/c1-14(24)22(12-11-15-5-3-2-4-6-15)18-13-19(25)23(20(18)26)17-9-7-16(21)8-10-17/h2-10,18H,11-13H2,1H3/t18-/m0/s1. The van der Waals surface area contributed by atoms with Gasteiger partial charge in [0.2, 0.25) is 11.8 Å². The minimum Gasteiger partial charge on any atom is -0.330 e. The molecule has 0 saturated carbocycles. The van der Waals surface area contributed by atoms with Gasteiger partial charge in [0.05, 0.1) is 12.1 Å². The normalized spacial score (nSPS) is 16.8. The van der Waals surface area contributed by atoms with Crippen molar-refractivity contribution in [1.29, 1.82) is 0 Å². The quantitative estimate of drug-likeness (QED) is 0.760. The summed E-state index contributed by atoms with van der Waals surface area (Å²) < 4.78 is 0. The molecular weight excluding hydrogens is 352 g/mol. The fraction of sp³-hybridized carbons (Fsp3) is 0.250. The van der Waals surface area contributed by atoms with Gasteiger partial charge < -0.3 is 4.90 Å². The monoisotopic (exact) mass is 370 g/mol. The second-order valence-corrected chi connectivity index (χ2v) is 6.65. The molecule has 1 atom stereocenters. The van der Waals surface area contributed by atoms with Crippen LogP contribution in [0.25, 0.3) is 0 Å². The Morgan fingerprint density at radius 2 is 1.77 bits per heavy atom. The largest absolute Gasteiger partial charge is 0.330 e. The molecule has 1 aliphatic heterocycles. The molecule has 0 aromatic heterocycles. The molecule has 1 saturated heterocycles. The van der Waals surface area contributed by atoms with E-state index in [1.165, 1.54) is 11.8 Å². The molecule has 0 N–H and O–H groups in total. The van der Waals surface area contributed by atoms with Crippen LogP contribution in [0.3, 0.4) is 0 Å². The van der Waals surface area contributed by atoms with E-state index in [0.717, 1.165) is 10.5 Å². The molecule has 2 aromatic carbocycles. The van der Waals surface area contributed by atoms with Crippen molar-refractivity contribution in [3.05, 3.63) is 65.2 Å². The summed E-state index contributed by atoms with van der Waals surface area (Å²) in [7, 11) is 0. The van der Waals surface area contributed by atoms with Crippen LogP contribution in [0.2, 0.25) is 5.02 Å². The predicted octanol–water partition coefficient (Wildman–Crippen LogP) is 3.06. The first kappa shape index (κ1) is 18.1. The lowest BCUT2D eigenvalue weighted by Crippen LogP contribution is -2.45. The molecule has 3 amide bonds. The first-order valence-corrected chi connectivity index (χ1v) is 8.78. The molecule has 1 heterocycles. The van der Waals surface area contributed by atoms with E-state index in [9.17, 15) is 14.4 Å². The highest BCUT2D eigenvalue weighted by Crippen LogP contribution is 2.27. The zero-order chi connectivity index (χ0) is 18.7. The van der Waals surface area contributed by atoms with Crippen LogP contribution in [0.4, 0.5) is 5.69 Å². The predicted molar refractivity (Wildman–Crippen MR) is 99.9 cm³/mol. The van der Waals surface area contributed by atoms with E-state index in [2.05, 4.69) is 0 Å². The van der Waals surface area contributed by atoms with Crippen LogP contribution in [0.1, 0.15) is 18.9 Å². The molecule has 0 spiro atoms. The number of imide groups is 1. The number of benzene rings is 2. The van der Waals surface area contributed by atoms with Crippen molar-refractivity contribution < 1.29 is 14.4 Å². The second-order valence-electron chi connectivity index (χ2n) is 6.21. The summed E-state index contributed by atoms with van der Waals surface area (Å²) in [5.41, 5.74) is 1.54. The van der Waals surface area contributed by atoms with Crippen LogP contribution >= 0.6 is 11.6 Å². The summed E-state index contributed by atoms with van der Waals surface area (Å²) in [6, 6.07) is 15.5. The number of amides is 3. The average Bonchev–Trinajstić information content (AvgIpc) is 2.91. The zero-order valence-corrected chi connectivity index (χ0v) is 15.1. The van der Waals surface area contributed by atoms with E-state index >= 15 is 0 Å². The van der Waals surface area contributed by atoms with E-state index in [-0.39, 0.29) is 24.1 Å². The molecule has 0 unspecified atom stereocenters. The summed E-state index contributed by atoms with van der Waals surface area (Å²) in [5.74, 6) is -0.904. The maximum Gasteiger partial charge on any atom is 0.257 e. The van der Waals surface area contributed by atoms with Gasteiger partial charge in [-0.05, 0) is 36.2 Å². The molecule has 2 aromatic rings. The fourth-order valence-electron chi connectivity index (χ4n) is 3.15. The van der Waals surface area contributed by atoms with Crippen LogP contribution in [0, 0.1) is 0 Å². The third-order valence-corrected chi connectivity index (χ3v) is 4.72. The van der Waals surface area contributed by atoms with Crippen LogP contribution in [-0.2, 0) is 20.8 Å². The number of anilines is 1. The summed E-state index contributed by atoms with van der Waals surface area (Å²) in [6.07, 6.45) is 0.620. The summed E-state index contributed by atoms with van der Waals surface area (Å²) >= 11 is 5.87. The highest BCUT2D eigenvalue weighted by atomic mass is 35.5. The lowest BCUT2D eigenvalue weighted by atomic mass is 10.1. The van der Waals surface area contributed by atoms with Gasteiger partial charge in [-0.3, -0.25) is 14.4 Å². The lowest BCUT2D eigenvalue weighted by Gasteiger charge is -2.26. The van der Waals surface area contributed by atoms with Crippen molar-refractivity contribution in [3.63, 3.8) is 0 Å². The molecule has 6 heteroatoms. The van der Waals surface area contributed by atoms with E-state index in [0.29, 0.717) is 23.7 Å². The highest BCUT2D eigenvalue weighted by Gasteiger charge is 2.43. The lowest BCUT2D eigenvalue weighted by molar-refractivity contribution is -0.136. The minimum atomic E-state index is -0.764. The van der Waals surface area contributed by atoms with Crippen molar-refractivity contribution >= 4 is 35.0 Å². The van der Waals surface area contributed by atoms with Crippen LogP contribution in [-0.4, -0.2) is 35.2 Å². The Kier molecular flexibility index (Phi) is 5.38. The number of hydrogen-bond donors (Lipinski definition) is 0. The molecule has 5 nitrogen and oxygen atoms in total. The molecule has 1 fully saturated rings. The summed E-state index contributed by atoms with van der Waals surface area (Å²) in [6.45, 7) is 1.81.